The van der Waals surface area contributed by atoms with Crippen molar-refractivity contribution in [3.05, 3.63) is 35.6 Å². The SMILES string of the molecule is O=C1CN(Cc2cccc(F)c2)C(=O)C(C2CC2)N1. The lowest BCUT2D eigenvalue weighted by Gasteiger charge is -2.32. The maximum Gasteiger partial charge on any atom is 0.246 e. The molecule has 1 N–H and O–H groups in total. The Kier molecular flexibility index (Phi) is 2.97. The van der Waals surface area contributed by atoms with Crippen molar-refractivity contribution in [1.82, 2.24) is 10.2 Å². The van der Waals surface area contributed by atoms with Crippen molar-refractivity contribution in [2.45, 2.75) is 25.4 Å². The number of amides is 2. The molecule has 5 heteroatoms. The number of hydrogen-bond acceptors (Lipinski definition) is 2. The molecular weight excluding hydrogens is 247 g/mol. The molecule has 1 atom stereocenters. The first kappa shape index (κ1) is 12.1. The molecule has 100 valence electrons. The molecule has 1 aliphatic heterocycles. The Labute approximate surface area is 110 Å². The van der Waals surface area contributed by atoms with Crippen molar-refractivity contribution in [2.75, 3.05) is 6.54 Å². The fraction of sp³-hybridized carbons (Fsp3) is 0.429. The summed E-state index contributed by atoms with van der Waals surface area (Å²) in [6.45, 7) is 0.339. The summed E-state index contributed by atoms with van der Waals surface area (Å²) in [5.41, 5.74) is 0.706. The molecule has 19 heavy (non-hydrogen) atoms. The normalized spacial score (nSPS) is 23.4. The van der Waals surface area contributed by atoms with Gasteiger partial charge in [0.2, 0.25) is 11.8 Å². The monoisotopic (exact) mass is 262 g/mol. The minimum Gasteiger partial charge on any atom is -0.342 e. The van der Waals surface area contributed by atoms with Gasteiger partial charge in [-0.05, 0) is 36.5 Å². The van der Waals surface area contributed by atoms with Gasteiger partial charge in [0.15, 0.2) is 0 Å². The largest absolute Gasteiger partial charge is 0.342 e. The van der Waals surface area contributed by atoms with Crippen LogP contribution >= 0.6 is 0 Å². The van der Waals surface area contributed by atoms with Crippen LogP contribution < -0.4 is 5.32 Å². The molecular formula is C14H15FN2O2. The van der Waals surface area contributed by atoms with Crippen LogP contribution in [0, 0.1) is 11.7 Å². The first-order chi connectivity index (χ1) is 9.13. The van der Waals surface area contributed by atoms with Crippen LogP contribution in [-0.4, -0.2) is 29.3 Å². The smallest absolute Gasteiger partial charge is 0.246 e. The number of carbonyl (C=O) groups is 2. The zero-order valence-electron chi connectivity index (χ0n) is 10.4. The Morgan fingerprint density at radius 1 is 1.32 bits per heavy atom. The van der Waals surface area contributed by atoms with Gasteiger partial charge in [-0.15, -0.1) is 0 Å². The molecule has 1 heterocycles. The highest BCUT2D eigenvalue weighted by Crippen LogP contribution is 2.34. The summed E-state index contributed by atoms with van der Waals surface area (Å²) in [4.78, 5) is 25.4. The van der Waals surface area contributed by atoms with E-state index >= 15 is 0 Å². The molecule has 2 aliphatic rings. The van der Waals surface area contributed by atoms with E-state index in [2.05, 4.69) is 5.32 Å². The molecule has 2 fully saturated rings. The summed E-state index contributed by atoms with van der Waals surface area (Å²) in [6.07, 6.45) is 1.98. The summed E-state index contributed by atoms with van der Waals surface area (Å²) < 4.78 is 13.1. The van der Waals surface area contributed by atoms with Crippen LogP contribution in [0.2, 0.25) is 0 Å². The van der Waals surface area contributed by atoms with Crippen LogP contribution in [0.25, 0.3) is 0 Å². The van der Waals surface area contributed by atoms with Gasteiger partial charge in [0.1, 0.15) is 11.9 Å². The van der Waals surface area contributed by atoms with Gasteiger partial charge in [0.25, 0.3) is 0 Å². The van der Waals surface area contributed by atoms with Crippen LogP contribution in [0.3, 0.4) is 0 Å². The summed E-state index contributed by atoms with van der Waals surface area (Å²) in [6, 6.07) is 5.74. The van der Waals surface area contributed by atoms with Gasteiger partial charge in [-0.25, -0.2) is 4.39 Å². The van der Waals surface area contributed by atoms with Crippen molar-refractivity contribution in [2.24, 2.45) is 5.92 Å². The number of hydrogen-bond donors (Lipinski definition) is 1. The number of rotatable bonds is 3. The molecule has 0 aromatic heterocycles. The van der Waals surface area contributed by atoms with Gasteiger partial charge in [-0.3, -0.25) is 9.59 Å². The van der Waals surface area contributed by atoms with E-state index in [-0.39, 0.29) is 42.7 Å². The number of piperazine rings is 1. The van der Waals surface area contributed by atoms with Crippen molar-refractivity contribution >= 4 is 11.8 Å². The standard InChI is InChI=1S/C14H15FN2O2/c15-11-3-1-2-9(6-11)7-17-8-12(18)16-13(14(17)19)10-4-5-10/h1-3,6,10,13H,4-5,7-8H2,(H,16,18). The van der Waals surface area contributed by atoms with E-state index in [1.165, 1.54) is 17.0 Å². The molecule has 0 spiro atoms. The molecule has 1 aliphatic carbocycles. The summed E-state index contributed by atoms with van der Waals surface area (Å²) in [5.74, 6) is -0.226. The maximum absolute atomic E-state index is 13.1. The van der Waals surface area contributed by atoms with Gasteiger partial charge in [0, 0.05) is 6.54 Å². The Hall–Kier alpha value is -1.91. The van der Waals surface area contributed by atoms with Gasteiger partial charge in [0.05, 0.1) is 6.54 Å². The first-order valence-electron chi connectivity index (χ1n) is 6.46. The van der Waals surface area contributed by atoms with Crippen molar-refractivity contribution in [3.63, 3.8) is 0 Å². The molecule has 2 amide bonds. The second-order valence-electron chi connectivity index (χ2n) is 5.21. The molecule has 1 saturated carbocycles. The van der Waals surface area contributed by atoms with Gasteiger partial charge >= 0.3 is 0 Å². The Morgan fingerprint density at radius 2 is 2.11 bits per heavy atom. The quantitative estimate of drug-likeness (QED) is 0.885. The third kappa shape index (κ3) is 2.59. The molecule has 3 rings (SSSR count). The van der Waals surface area contributed by atoms with Crippen LogP contribution in [0.15, 0.2) is 24.3 Å². The fourth-order valence-electron chi connectivity index (χ4n) is 2.47. The van der Waals surface area contributed by atoms with E-state index in [4.69, 9.17) is 0 Å². The lowest BCUT2D eigenvalue weighted by molar-refractivity contribution is -0.145. The number of nitrogens with one attached hydrogen (secondary N) is 1. The molecule has 1 unspecified atom stereocenters. The fourth-order valence-corrected chi connectivity index (χ4v) is 2.47. The molecule has 1 aromatic carbocycles. The topological polar surface area (TPSA) is 49.4 Å². The van der Waals surface area contributed by atoms with Crippen molar-refractivity contribution in [3.8, 4) is 0 Å². The highest BCUT2D eigenvalue weighted by molar-refractivity contribution is 5.95. The van der Waals surface area contributed by atoms with E-state index in [1.807, 2.05) is 0 Å². The number of carbonyl (C=O) groups excluding carboxylic acids is 2. The molecule has 0 bridgehead atoms. The zero-order valence-corrected chi connectivity index (χ0v) is 10.4. The minimum absolute atomic E-state index is 0.0497. The van der Waals surface area contributed by atoms with Gasteiger partial charge in [-0.1, -0.05) is 12.1 Å². The highest BCUT2D eigenvalue weighted by atomic mass is 19.1. The van der Waals surface area contributed by atoms with E-state index in [0.29, 0.717) is 5.56 Å². The van der Waals surface area contributed by atoms with Gasteiger partial charge in [-0.2, -0.15) is 0 Å². The number of nitrogens with zero attached hydrogens (tertiary/aromatic N) is 1. The Morgan fingerprint density at radius 3 is 2.79 bits per heavy atom. The minimum atomic E-state index is -0.380. The second kappa shape index (κ2) is 4.64. The van der Waals surface area contributed by atoms with E-state index in [0.717, 1.165) is 12.8 Å². The van der Waals surface area contributed by atoms with Crippen LogP contribution in [0.4, 0.5) is 4.39 Å². The Balaban J connectivity index is 1.75. The molecule has 0 radical (unpaired) electrons. The van der Waals surface area contributed by atoms with Crippen molar-refractivity contribution < 1.29 is 14.0 Å². The molecule has 1 saturated heterocycles. The van der Waals surface area contributed by atoms with E-state index in [1.54, 1.807) is 12.1 Å². The lowest BCUT2D eigenvalue weighted by atomic mass is 10.1. The van der Waals surface area contributed by atoms with E-state index in [9.17, 15) is 14.0 Å². The summed E-state index contributed by atoms with van der Waals surface area (Å²) in [7, 11) is 0. The summed E-state index contributed by atoms with van der Waals surface area (Å²) >= 11 is 0. The second-order valence-corrected chi connectivity index (χ2v) is 5.21. The van der Waals surface area contributed by atoms with Crippen LogP contribution in [0.5, 0.6) is 0 Å². The molecule has 4 nitrogen and oxygen atoms in total. The predicted octanol–water partition coefficient (Wildman–Crippen LogP) is 1.06. The van der Waals surface area contributed by atoms with Gasteiger partial charge < -0.3 is 10.2 Å². The van der Waals surface area contributed by atoms with E-state index < -0.39 is 0 Å². The third-order valence-electron chi connectivity index (χ3n) is 3.58. The highest BCUT2D eigenvalue weighted by Gasteiger charge is 2.42. The first-order valence-corrected chi connectivity index (χ1v) is 6.46. The summed E-state index contributed by atoms with van der Waals surface area (Å²) in [5, 5.41) is 2.75. The molecule has 1 aromatic rings. The zero-order chi connectivity index (χ0) is 13.4. The number of halogens is 1. The Bertz CT molecular complexity index is 528. The van der Waals surface area contributed by atoms with Crippen LogP contribution in [-0.2, 0) is 16.1 Å². The third-order valence-corrected chi connectivity index (χ3v) is 3.58. The van der Waals surface area contributed by atoms with Crippen LogP contribution in [0.1, 0.15) is 18.4 Å². The predicted molar refractivity (Wildman–Crippen MR) is 66.5 cm³/mol. The lowest BCUT2D eigenvalue weighted by Crippen LogP contribution is -2.58. The average molecular weight is 262 g/mol. The number of benzene rings is 1. The maximum atomic E-state index is 13.1. The average Bonchev–Trinajstić information content (AvgIpc) is 3.17. The van der Waals surface area contributed by atoms with Crippen molar-refractivity contribution in [1.29, 1.82) is 0 Å².